The average Bonchev–Trinajstić information content (AvgIpc) is 3.10. The van der Waals surface area contributed by atoms with Crippen molar-refractivity contribution in [3.63, 3.8) is 0 Å². The molecule has 152 valence electrons. The van der Waals surface area contributed by atoms with Crippen molar-refractivity contribution in [3.8, 4) is 0 Å². The minimum Gasteiger partial charge on any atom is -0.381 e. The topological polar surface area (TPSA) is 73.0 Å². The Labute approximate surface area is 175 Å². The van der Waals surface area contributed by atoms with Crippen molar-refractivity contribution in [2.24, 2.45) is 0 Å². The molecule has 1 aromatic carbocycles. The van der Waals surface area contributed by atoms with Gasteiger partial charge in [0.05, 0.1) is 11.3 Å². The molecule has 1 aliphatic heterocycles. The summed E-state index contributed by atoms with van der Waals surface area (Å²) in [6.07, 6.45) is 6.68. The number of pyridine rings is 1. The number of nitrogens with one attached hydrogen (secondary N) is 3. The van der Waals surface area contributed by atoms with E-state index in [9.17, 15) is 4.79 Å². The number of fused-ring (bicyclic) bond motifs is 1. The van der Waals surface area contributed by atoms with Gasteiger partial charge in [0.25, 0.3) is 5.91 Å². The van der Waals surface area contributed by atoms with Crippen molar-refractivity contribution in [1.29, 1.82) is 0 Å². The van der Waals surface area contributed by atoms with Gasteiger partial charge < -0.3 is 15.6 Å². The van der Waals surface area contributed by atoms with Crippen LogP contribution in [-0.4, -0.2) is 47.0 Å². The fourth-order valence-electron chi connectivity index (χ4n) is 4.03. The van der Waals surface area contributed by atoms with Crippen LogP contribution >= 0.6 is 11.6 Å². The number of amides is 1. The summed E-state index contributed by atoms with van der Waals surface area (Å²) in [4.78, 5) is 22.4. The molecule has 0 bridgehead atoms. The molecule has 1 atom stereocenters. The molecular formula is C22H26ClN5O. The smallest absolute Gasteiger partial charge is 0.254 e. The van der Waals surface area contributed by atoms with Crippen LogP contribution in [0.5, 0.6) is 0 Å². The van der Waals surface area contributed by atoms with Crippen LogP contribution < -0.4 is 10.6 Å². The van der Waals surface area contributed by atoms with Crippen molar-refractivity contribution in [2.45, 2.75) is 31.8 Å². The molecule has 3 N–H and O–H groups in total. The monoisotopic (exact) mass is 411 g/mol. The van der Waals surface area contributed by atoms with Gasteiger partial charge in [-0.2, -0.15) is 0 Å². The first-order chi connectivity index (χ1) is 14.1. The van der Waals surface area contributed by atoms with E-state index in [2.05, 4.69) is 31.6 Å². The highest BCUT2D eigenvalue weighted by Crippen LogP contribution is 2.28. The average molecular weight is 412 g/mol. The number of nitrogens with zero attached hydrogens (tertiary/aromatic N) is 2. The molecule has 1 unspecified atom stereocenters. The van der Waals surface area contributed by atoms with E-state index in [0.717, 1.165) is 60.6 Å². The Hall–Kier alpha value is -2.57. The summed E-state index contributed by atoms with van der Waals surface area (Å²) >= 11 is 6.13. The molecule has 3 heterocycles. The fraction of sp³-hybridized carbons (Fsp3) is 0.364. The van der Waals surface area contributed by atoms with E-state index < -0.39 is 0 Å². The lowest BCUT2D eigenvalue weighted by Gasteiger charge is -2.22. The van der Waals surface area contributed by atoms with Crippen LogP contribution in [0.2, 0.25) is 5.02 Å². The zero-order chi connectivity index (χ0) is 20.2. The van der Waals surface area contributed by atoms with Gasteiger partial charge in [-0.3, -0.25) is 9.69 Å². The number of aromatic amines is 1. The third kappa shape index (κ3) is 4.54. The van der Waals surface area contributed by atoms with E-state index in [1.54, 1.807) is 13.2 Å². The highest BCUT2D eigenvalue weighted by atomic mass is 35.5. The molecule has 1 aliphatic rings. The van der Waals surface area contributed by atoms with E-state index in [-0.39, 0.29) is 5.91 Å². The molecule has 1 amide bonds. The zero-order valence-electron chi connectivity index (χ0n) is 16.5. The van der Waals surface area contributed by atoms with Gasteiger partial charge in [-0.15, -0.1) is 0 Å². The Morgan fingerprint density at radius 2 is 2.21 bits per heavy atom. The molecule has 1 saturated heterocycles. The minimum absolute atomic E-state index is 0.126. The van der Waals surface area contributed by atoms with E-state index >= 15 is 0 Å². The van der Waals surface area contributed by atoms with Gasteiger partial charge in [-0.25, -0.2) is 4.98 Å². The Kier molecular flexibility index (Phi) is 6.02. The van der Waals surface area contributed by atoms with E-state index in [4.69, 9.17) is 11.6 Å². The summed E-state index contributed by atoms with van der Waals surface area (Å²) in [5.41, 5.74) is 3.48. The largest absolute Gasteiger partial charge is 0.381 e. The van der Waals surface area contributed by atoms with Crippen molar-refractivity contribution < 1.29 is 4.79 Å². The first kappa shape index (κ1) is 19.7. The first-order valence-corrected chi connectivity index (χ1v) is 10.4. The van der Waals surface area contributed by atoms with E-state index in [1.807, 2.05) is 30.5 Å². The molecule has 6 nitrogen and oxygen atoms in total. The van der Waals surface area contributed by atoms with E-state index in [1.165, 1.54) is 5.56 Å². The number of likely N-dealkylation sites (tertiary alicyclic amines) is 1. The van der Waals surface area contributed by atoms with Gasteiger partial charge in [0, 0.05) is 49.0 Å². The van der Waals surface area contributed by atoms with Crippen LogP contribution in [-0.2, 0) is 6.54 Å². The third-order valence-electron chi connectivity index (χ3n) is 5.52. The number of H-pyrrole nitrogens is 1. The van der Waals surface area contributed by atoms with Gasteiger partial charge in [-0.1, -0.05) is 23.7 Å². The summed E-state index contributed by atoms with van der Waals surface area (Å²) in [6, 6.07) is 10.4. The number of aromatic nitrogens is 2. The lowest BCUT2D eigenvalue weighted by atomic mass is 10.1. The summed E-state index contributed by atoms with van der Waals surface area (Å²) in [5, 5.41) is 8.11. The van der Waals surface area contributed by atoms with Crippen LogP contribution in [0.25, 0.3) is 11.0 Å². The highest BCUT2D eigenvalue weighted by Gasteiger charge is 2.21. The van der Waals surface area contributed by atoms with Crippen molar-refractivity contribution in [1.82, 2.24) is 20.2 Å². The molecule has 0 saturated carbocycles. The molecule has 1 fully saturated rings. The SMILES string of the molecule is CNC(=O)c1cnc2[nH]ccc2c1NC1CCCN(Cc2cccc(Cl)c2)CC1. The summed E-state index contributed by atoms with van der Waals surface area (Å²) < 4.78 is 0. The summed E-state index contributed by atoms with van der Waals surface area (Å²) in [6.45, 7) is 2.97. The first-order valence-electron chi connectivity index (χ1n) is 10.1. The maximum atomic E-state index is 12.4. The van der Waals surface area contributed by atoms with Gasteiger partial charge in [0.2, 0.25) is 0 Å². The Morgan fingerprint density at radius 3 is 3.03 bits per heavy atom. The second kappa shape index (κ2) is 8.84. The minimum atomic E-state index is -0.126. The van der Waals surface area contributed by atoms with Gasteiger partial charge >= 0.3 is 0 Å². The molecule has 29 heavy (non-hydrogen) atoms. The van der Waals surface area contributed by atoms with Crippen LogP contribution in [0.15, 0.2) is 42.7 Å². The number of hydrogen-bond donors (Lipinski definition) is 3. The summed E-state index contributed by atoms with van der Waals surface area (Å²) in [7, 11) is 1.65. The molecule has 0 spiro atoms. The van der Waals surface area contributed by atoms with Gasteiger partial charge in [-0.05, 0) is 49.6 Å². The molecule has 2 aromatic heterocycles. The maximum absolute atomic E-state index is 12.4. The summed E-state index contributed by atoms with van der Waals surface area (Å²) in [5.74, 6) is -0.126. The van der Waals surface area contributed by atoms with Crippen molar-refractivity contribution in [2.75, 3.05) is 25.5 Å². The second-order valence-electron chi connectivity index (χ2n) is 7.54. The van der Waals surface area contributed by atoms with Crippen molar-refractivity contribution in [3.05, 3.63) is 58.9 Å². The predicted octanol–water partition coefficient (Wildman–Crippen LogP) is 4.04. The lowest BCUT2D eigenvalue weighted by molar-refractivity contribution is 0.0963. The van der Waals surface area contributed by atoms with Crippen LogP contribution in [0, 0.1) is 0 Å². The number of hydrogen-bond acceptors (Lipinski definition) is 4. The van der Waals surface area contributed by atoms with Crippen LogP contribution in [0.4, 0.5) is 5.69 Å². The molecule has 4 rings (SSSR count). The number of carbonyl (C=O) groups is 1. The molecule has 3 aromatic rings. The standard InChI is InChI=1S/C22H26ClN5O/c1-24-22(29)19-13-26-21-18(7-9-25-21)20(19)27-17-6-3-10-28(11-8-17)14-15-4-2-5-16(23)12-15/h2,4-5,7,9,12-13,17H,3,6,8,10-11,14H2,1H3,(H,24,29)(H2,25,26,27). The number of carbonyl (C=O) groups excluding carboxylic acids is 1. The maximum Gasteiger partial charge on any atom is 0.254 e. The normalized spacial score (nSPS) is 17.8. The third-order valence-corrected chi connectivity index (χ3v) is 5.76. The van der Waals surface area contributed by atoms with Gasteiger partial charge in [0.15, 0.2) is 0 Å². The number of anilines is 1. The molecule has 0 aliphatic carbocycles. The predicted molar refractivity (Wildman–Crippen MR) is 117 cm³/mol. The quantitative estimate of drug-likeness (QED) is 0.592. The highest BCUT2D eigenvalue weighted by molar-refractivity contribution is 6.30. The molecule has 0 radical (unpaired) electrons. The Bertz CT molecular complexity index is 1000. The second-order valence-corrected chi connectivity index (χ2v) is 7.98. The lowest BCUT2D eigenvalue weighted by Crippen LogP contribution is -2.27. The molecular weight excluding hydrogens is 386 g/mol. The van der Waals surface area contributed by atoms with Crippen LogP contribution in [0.3, 0.4) is 0 Å². The fourth-order valence-corrected chi connectivity index (χ4v) is 4.24. The number of halogens is 1. The van der Waals surface area contributed by atoms with Crippen LogP contribution in [0.1, 0.15) is 35.2 Å². The van der Waals surface area contributed by atoms with E-state index in [0.29, 0.717) is 11.6 Å². The number of rotatable bonds is 5. The van der Waals surface area contributed by atoms with Gasteiger partial charge in [0.1, 0.15) is 5.65 Å². The number of benzene rings is 1. The molecule has 7 heteroatoms. The zero-order valence-corrected chi connectivity index (χ0v) is 17.3. The Morgan fingerprint density at radius 1 is 1.31 bits per heavy atom. The Balaban J connectivity index is 1.48. The van der Waals surface area contributed by atoms with Crippen molar-refractivity contribution >= 4 is 34.2 Å².